The van der Waals surface area contributed by atoms with E-state index in [1.807, 2.05) is 31.2 Å². The molecule has 0 bridgehead atoms. The first kappa shape index (κ1) is 16.7. The van der Waals surface area contributed by atoms with Crippen LogP contribution in [0.15, 0.2) is 35.6 Å². The molecule has 0 amide bonds. The van der Waals surface area contributed by atoms with Crippen molar-refractivity contribution in [1.29, 1.82) is 0 Å². The third-order valence-corrected chi connectivity index (χ3v) is 5.01. The largest absolute Gasteiger partial charge is 0.480 e. The van der Waals surface area contributed by atoms with E-state index in [9.17, 15) is 9.90 Å². The predicted molar refractivity (Wildman–Crippen MR) is 91.2 cm³/mol. The number of carboxylic acids is 1. The van der Waals surface area contributed by atoms with Crippen LogP contribution in [0.2, 0.25) is 5.02 Å². The van der Waals surface area contributed by atoms with E-state index >= 15 is 0 Å². The van der Waals surface area contributed by atoms with Gasteiger partial charge in [0.25, 0.3) is 0 Å². The number of hydrogen-bond acceptors (Lipinski definition) is 6. The Morgan fingerprint density at radius 3 is 2.75 bits per heavy atom. The van der Waals surface area contributed by atoms with Gasteiger partial charge < -0.3 is 5.11 Å². The van der Waals surface area contributed by atoms with Crippen molar-refractivity contribution in [1.82, 2.24) is 25.0 Å². The highest BCUT2D eigenvalue weighted by Gasteiger charge is 2.21. The maximum absolute atomic E-state index is 11.2. The van der Waals surface area contributed by atoms with Crippen LogP contribution in [0.1, 0.15) is 18.9 Å². The summed E-state index contributed by atoms with van der Waals surface area (Å²) in [6.45, 7) is 2.31. The summed E-state index contributed by atoms with van der Waals surface area (Å²) in [5.41, 5.74) is 2.09. The molecule has 1 N–H and O–H groups in total. The zero-order valence-corrected chi connectivity index (χ0v) is 14.3. The maximum atomic E-state index is 11.2. The lowest BCUT2D eigenvalue weighted by atomic mass is 10.2. The average molecular weight is 364 g/mol. The minimum Gasteiger partial charge on any atom is -0.480 e. The van der Waals surface area contributed by atoms with Gasteiger partial charge in [-0.15, -0.1) is 5.10 Å². The Bertz CT molecular complexity index is 868. The van der Waals surface area contributed by atoms with Gasteiger partial charge in [-0.05, 0) is 24.1 Å². The average Bonchev–Trinajstić information content (AvgIpc) is 2.98. The molecule has 2 aromatic heterocycles. The molecule has 0 saturated heterocycles. The Morgan fingerprint density at radius 2 is 2.08 bits per heavy atom. The zero-order valence-electron chi connectivity index (χ0n) is 12.8. The van der Waals surface area contributed by atoms with Crippen LogP contribution in [0.5, 0.6) is 0 Å². The third-order valence-electron chi connectivity index (χ3n) is 3.41. The first-order chi connectivity index (χ1) is 11.6. The molecule has 2 heterocycles. The van der Waals surface area contributed by atoms with Gasteiger partial charge >= 0.3 is 5.97 Å². The van der Waals surface area contributed by atoms with Crippen LogP contribution in [-0.2, 0) is 11.3 Å². The normalized spacial score (nSPS) is 12.4. The highest BCUT2D eigenvalue weighted by molar-refractivity contribution is 8.00. The number of aliphatic carboxylic acids is 1. The first-order valence-electron chi connectivity index (χ1n) is 7.26. The molecule has 0 saturated carbocycles. The van der Waals surface area contributed by atoms with Gasteiger partial charge in [0, 0.05) is 5.02 Å². The Labute approximate surface area is 147 Å². The summed E-state index contributed by atoms with van der Waals surface area (Å²) in [4.78, 5) is 19.6. The second kappa shape index (κ2) is 7.14. The van der Waals surface area contributed by atoms with Crippen molar-refractivity contribution in [2.45, 2.75) is 30.2 Å². The molecular formula is C15H14ClN5O2S. The minimum atomic E-state index is -0.872. The summed E-state index contributed by atoms with van der Waals surface area (Å²) < 4.78 is 1.66. The molecule has 1 aromatic carbocycles. The lowest BCUT2D eigenvalue weighted by Gasteiger charge is -2.08. The Balaban J connectivity index is 1.91. The molecule has 0 aliphatic heterocycles. The highest BCUT2D eigenvalue weighted by atomic mass is 35.5. The number of nitrogens with zero attached hydrogens (tertiary/aromatic N) is 5. The zero-order chi connectivity index (χ0) is 17.1. The second-order valence-electron chi connectivity index (χ2n) is 5.08. The molecule has 7 nitrogen and oxygen atoms in total. The molecule has 3 rings (SSSR count). The van der Waals surface area contributed by atoms with Crippen molar-refractivity contribution < 1.29 is 9.90 Å². The van der Waals surface area contributed by atoms with Gasteiger partial charge in [-0.25, -0.2) is 14.6 Å². The lowest BCUT2D eigenvalue weighted by Crippen LogP contribution is -2.15. The quantitative estimate of drug-likeness (QED) is 0.531. The van der Waals surface area contributed by atoms with E-state index < -0.39 is 11.2 Å². The number of carboxylic acid groups (broad SMARTS) is 1. The van der Waals surface area contributed by atoms with Crippen molar-refractivity contribution >= 4 is 40.5 Å². The van der Waals surface area contributed by atoms with E-state index in [4.69, 9.17) is 11.6 Å². The van der Waals surface area contributed by atoms with E-state index in [-0.39, 0.29) is 0 Å². The fourth-order valence-corrected chi connectivity index (χ4v) is 3.18. The number of carbonyl (C=O) groups is 1. The maximum Gasteiger partial charge on any atom is 0.317 e. The Kier molecular flexibility index (Phi) is 4.96. The molecule has 9 heteroatoms. The SMILES string of the molecule is CCC(Sc1ncnc2c1nnn2Cc1ccc(Cl)cc1)C(=O)O. The fraction of sp³-hybridized carbons (Fsp3) is 0.267. The summed E-state index contributed by atoms with van der Waals surface area (Å²) in [6, 6.07) is 7.43. The number of halogens is 1. The summed E-state index contributed by atoms with van der Waals surface area (Å²) >= 11 is 7.05. The van der Waals surface area contributed by atoms with Crippen molar-refractivity contribution in [3.05, 3.63) is 41.2 Å². The van der Waals surface area contributed by atoms with Crippen molar-refractivity contribution in [3.63, 3.8) is 0 Å². The molecule has 1 atom stereocenters. The molecule has 0 radical (unpaired) electrons. The van der Waals surface area contributed by atoms with Gasteiger partial charge in [0.2, 0.25) is 0 Å². The van der Waals surface area contributed by atoms with Crippen LogP contribution in [0.4, 0.5) is 0 Å². The Hall–Kier alpha value is -2.19. The van der Waals surface area contributed by atoms with E-state index in [0.29, 0.717) is 34.2 Å². The fourth-order valence-electron chi connectivity index (χ4n) is 2.17. The van der Waals surface area contributed by atoms with Crippen molar-refractivity contribution in [2.75, 3.05) is 0 Å². The molecule has 24 heavy (non-hydrogen) atoms. The van der Waals surface area contributed by atoms with Crippen molar-refractivity contribution in [2.24, 2.45) is 0 Å². The molecule has 124 valence electrons. The second-order valence-corrected chi connectivity index (χ2v) is 6.71. The molecule has 0 fully saturated rings. The molecule has 1 unspecified atom stereocenters. The summed E-state index contributed by atoms with van der Waals surface area (Å²) in [7, 11) is 0. The van der Waals surface area contributed by atoms with Crippen LogP contribution >= 0.6 is 23.4 Å². The van der Waals surface area contributed by atoms with Crippen LogP contribution < -0.4 is 0 Å². The number of benzene rings is 1. The number of rotatable bonds is 6. The summed E-state index contributed by atoms with van der Waals surface area (Å²) in [5.74, 6) is -0.872. The molecule has 0 spiro atoms. The van der Waals surface area contributed by atoms with E-state index in [1.54, 1.807) is 4.68 Å². The standard InChI is InChI=1S/C15H14ClN5O2S/c1-2-11(15(22)23)24-14-12-13(17-8-18-14)21(20-19-12)7-9-3-5-10(16)6-4-9/h3-6,8,11H,2,7H2,1H3,(H,22,23). The third kappa shape index (κ3) is 3.49. The predicted octanol–water partition coefficient (Wildman–Crippen LogP) is 2.88. The minimum absolute atomic E-state index is 0.490. The van der Waals surface area contributed by atoms with E-state index in [0.717, 1.165) is 17.3 Å². The van der Waals surface area contributed by atoms with Gasteiger partial charge in [-0.2, -0.15) is 0 Å². The molecule has 3 aromatic rings. The summed E-state index contributed by atoms with van der Waals surface area (Å²) in [6.07, 6.45) is 1.89. The number of thioether (sulfide) groups is 1. The molecular weight excluding hydrogens is 350 g/mol. The highest BCUT2D eigenvalue weighted by Crippen LogP contribution is 2.28. The number of hydrogen-bond donors (Lipinski definition) is 1. The topological polar surface area (TPSA) is 93.8 Å². The number of fused-ring (bicyclic) bond motifs is 1. The van der Waals surface area contributed by atoms with Gasteiger partial charge in [-0.1, -0.05) is 47.6 Å². The van der Waals surface area contributed by atoms with E-state index in [2.05, 4.69) is 20.3 Å². The first-order valence-corrected chi connectivity index (χ1v) is 8.52. The smallest absolute Gasteiger partial charge is 0.317 e. The molecule has 0 aliphatic carbocycles. The molecule has 0 aliphatic rings. The van der Waals surface area contributed by atoms with Crippen LogP contribution in [0, 0.1) is 0 Å². The Morgan fingerprint density at radius 1 is 1.33 bits per heavy atom. The van der Waals surface area contributed by atoms with Gasteiger partial charge in [0.1, 0.15) is 16.6 Å². The van der Waals surface area contributed by atoms with Gasteiger partial charge in [-0.3, -0.25) is 4.79 Å². The number of aromatic nitrogens is 5. The van der Waals surface area contributed by atoms with Gasteiger partial charge in [0.05, 0.1) is 6.54 Å². The van der Waals surface area contributed by atoms with E-state index in [1.165, 1.54) is 6.33 Å². The van der Waals surface area contributed by atoms with Crippen LogP contribution in [0.3, 0.4) is 0 Å². The summed E-state index contributed by atoms with van der Waals surface area (Å²) in [5, 5.41) is 18.1. The van der Waals surface area contributed by atoms with Crippen LogP contribution in [-0.4, -0.2) is 41.3 Å². The lowest BCUT2D eigenvalue weighted by molar-refractivity contribution is -0.136. The van der Waals surface area contributed by atoms with Gasteiger partial charge in [0.15, 0.2) is 11.2 Å². The van der Waals surface area contributed by atoms with Crippen LogP contribution in [0.25, 0.3) is 11.2 Å². The van der Waals surface area contributed by atoms with Crippen molar-refractivity contribution in [3.8, 4) is 0 Å². The monoisotopic (exact) mass is 363 g/mol.